The molecule has 3 aromatic carbocycles. The van der Waals surface area contributed by atoms with Crippen molar-refractivity contribution >= 4 is 20.2 Å². The van der Waals surface area contributed by atoms with Crippen LogP contribution in [0.2, 0.25) is 0 Å². The monoisotopic (exact) mass is 497 g/mol. The topological polar surface area (TPSA) is 101 Å². The maximum atomic E-state index is 13.7. The average molecular weight is 498 g/mol. The Morgan fingerprint density at radius 2 is 1.41 bits per heavy atom. The van der Waals surface area contributed by atoms with E-state index in [1.54, 1.807) is 20.8 Å². The summed E-state index contributed by atoms with van der Waals surface area (Å²) in [4.78, 5) is -0.343. The van der Waals surface area contributed by atoms with Crippen molar-refractivity contribution < 1.29 is 25.6 Å². The van der Waals surface area contributed by atoms with Gasteiger partial charge in [-0.2, -0.15) is 8.42 Å². The fourth-order valence-corrected chi connectivity index (χ4v) is 8.00. The van der Waals surface area contributed by atoms with Crippen LogP contribution in [0.3, 0.4) is 0 Å². The van der Waals surface area contributed by atoms with E-state index >= 15 is 0 Å². The molecule has 0 aliphatic heterocycles. The summed E-state index contributed by atoms with van der Waals surface area (Å²) in [6.45, 7) is 5.03. The van der Waals surface area contributed by atoms with Crippen LogP contribution in [0.4, 0.5) is 0 Å². The van der Waals surface area contributed by atoms with Crippen LogP contribution in [0.5, 0.6) is 5.75 Å². The molecule has 34 heavy (non-hydrogen) atoms. The highest BCUT2D eigenvalue weighted by Gasteiger charge is 2.49. The molecule has 0 aromatic heterocycles. The number of rotatable bonds is 5. The Bertz CT molecular complexity index is 1460. The highest BCUT2D eigenvalue weighted by atomic mass is 32.2. The minimum Gasteiger partial charge on any atom is -0.744 e. The third-order valence-electron chi connectivity index (χ3n) is 7.03. The molecule has 3 aliphatic carbocycles. The minimum atomic E-state index is -4.71. The summed E-state index contributed by atoms with van der Waals surface area (Å²) < 4.78 is 68.3. The lowest BCUT2D eigenvalue weighted by atomic mass is 9.63. The second-order valence-electron chi connectivity index (χ2n) is 9.40. The molecular formula is C26H25O6S2-. The fourth-order valence-electron chi connectivity index (χ4n) is 5.49. The molecule has 0 N–H and O–H groups in total. The Hall–Kier alpha value is -2.68. The van der Waals surface area contributed by atoms with Crippen molar-refractivity contribution in [2.75, 3.05) is 0 Å². The van der Waals surface area contributed by atoms with Gasteiger partial charge < -0.3 is 8.74 Å². The summed E-state index contributed by atoms with van der Waals surface area (Å²) in [7, 11) is -8.80. The van der Waals surface area contributed by atoms with Crippen LogP contribution in [0.15, 0.2) is 65.6 Å². The first-order valence-electron chi connectivity index (χ1n) is 11.2. The van der Waals surface area contributed by atoms with Gasteiger partial charge in [0.2, 0.25) is 0 Å². The Kier molecular flexibility index (Phi) is 5.39. The number of fused-ring (bicyclic) bond motifs is 1. The Labute approximate surface area is 200 Å². The first kappa shape index (κ1) is 23.1. The molecule has 0 heterocycles. The molecule has 3 aliphatic rings. The van der Waals surface area contributed by atoms with Crippen molar-refractivity contribution in [1.29, 1.82) is 0 Å². The summed E-state index contributed by atoms with van der Waals surface area (Å²) in [5.74, 6) is -0.650. The van der Waals surface area contributed by atoms with Crippen molar-refractivity contribution in [2.45, 2.75) is 55.1 Å². The Morgan fingerprint density at radius 3 is 1.91 bits per heavy atom. The van der Waals surface area contributed by atoms with Crippen LogP contribution < -0.4 is 4.18 Å². The zero-order valence-electron chi connectivity index (χ0n) is 19.1. The predicted molar refractivity (Wildman–Crippen MR) is 128 cm³/mol. The van der Waals surface area contributed by atoms with Crippen LogP contribution in [0.1, 0.15) is 71.4 Å². The number of aryl methyl sites for hydroxylation is 1. The normalized spacial score (nSPS) is 21.3. The summed E-state index contributed by atoms with van der Waals surface area (Å²) in [5, 5.41) is -0.785. The van der Waals surface area contributed by atoms with Crippen molar-refractivity contribution in [3.8, 4) is 5.75 Å². The lowest BCUT2D eigenvalue weighted by Crippen LogP contribution is -2.42. The molecule has 0 amide bonds. The van der Waals surface area contributed by atoms with Crippen molar-refractivity contribution in [2.24, 2.45) is 0 Å². The van der Waals surface area contributed by atoms with E-state index in [-0.39, 0.29) is 39.5 Å². The molecule has 0 radical (unpaired) electrons. The van der Waals surface area contributed by atoms with Gasteiger partial charge in [0.25, 0.3) is 0 Å². The van der Waals surface area contributed by atoms with Gasteiger partial charge in [0.05, 0.1) is 4.90 Å². The highest BCUT2D eigenvalue weighted by molar-refractivity contribution is 7.87. The highest BCUT2D eigenvalue weighted by Crippen LogP contribution is 2.54. The molecule has 178 valence electrons. The zero-order chi connectivity index (χ0) is 24.4. The molecule has 6 nitrogen and oxygen atoms in total. The lowest BCUT2D eigenvalue weighted by Gasteiger charge is -2.44. The summed E-state index contributed by atoms with van der Waals surface area (Å²) in [6, 6.07) is 18.5. The maximum Gasteiger partial charge on any atom is 0.313 e. The smallest absolute Gasteiger partial charge is 0.313 e. The molecule has 0 fully saturated rings. The molecule has 0 spiro atoms. The van der Waals surface area contributed by atoms with Crippen LogP contribution in [0, 0.1) is 6.92 Å². The minimum absolute atomic E-state index is 0.0407. The third kappa shape index (κ3) is 3.65. The quantitative estimate of drug-likeness (QED) is 0.371. The molecule has 0 saturated heterocycles. The van der Waals surface area contributed by atoms with E-state index in [0.29, 0.717) is 6.42 Å². The van der Waals surface area contributed by atoms with Gasteiger partial charge in [-0.3, -0.25) is 0 Å². The van der Waals surface area contributed by atoms with Crippen molar-refractivity contribution in [3.63, 3.8) is 0 Å². The molecule has 3 aromatic rings. The number of hydrogen-bond acceptors (Lipinski definition) is 6. The summed E-state index contributed by atoms with van der Waals surface area (Å²) in [6.07, 6.45) is 0.407. The van der Waals surface area contributed by atoms with Crippen LogP contribution in [0.25, 0.3) is 0 Å². The van der Waals surface area contributed by atoms with Gasteiger partial charge >= 0.3 is 10.1 Å². The zero-order valence-corrected chi connectivity index (χ0v) is 20.7. The van der Waals surface area contributed by atoms with Gasteiger partial charge in [-0.15, -0.1) is 0 Å². The molecule has 0 saturated carbocycles. The number of benzene rings is 3. The Balaban J connectivity index is 1.59. The van der Waals surface area contributed by atoms with Gasteiger partial charge in [0, 0.05) is 11.8 Å². The van der Waals surface area contributed by atoms with Gasteiger partial charge in [-0.05, 0) is 64.8 Å². The molecular weight excluding hydrogens is 472 g/mol. The molecule has 6 rings (SSSR count). The molecule has 1 unspecified atom stereocenters. The second kappa shape index (κ2) is 7.93. The SMILES string of the molecule is Cc1cc(S(=O)(=O)[O-])c(C(C)C)cc1OS(=O)(=O)C1CC2c3ccccc3C1c1ccccc12. The van der Waals surface area contributed by atoms with E-state index < -0.39 is 25.5 Å². The van der Waals surface area contributed by atoms with E-state index in [0.717, 1.165) is 22.3 Å². The fraction of sp³-hybridized carbons (Fsp3) is 0.308. The number of hydrogen-bond donors (Lipinski definition) is 0. The van der Waals surface area contributed by atoms with Gasteiger partial charge in [0.1, 0.15) is 21.1 Å². The van der Waals surface area contributed by atoms with Crippen LogP contribution >= 0.6 is 0 Å². The third-order valence-corrected chi connectivity index (χ3v) is 9.54. The van der Waals surface area contributed by atoms with Gasteiger partial charge in [-0.1, -0.05) is 62.4 Å². The first-order valence-corrected chi connectivity index (χ1v) is 14.1. The molecule has 1 atom stereocenters. The molecule has 8 heteroatoms. The lowest BCUT2D eigenvalue weighted by molar-refractivity contribution is 0.429. The Morgan fingerprint density at radius 1 is 0.882 bits per heavy atom. The van der Waals surface area contributed by atoms with Crippen molar-refractivity contribution in [1.82, 2.24) is 0 Å². The summed E-state index contributed by atoms with van der Waals surface area (Å²) in [5.41, 5.74) is 4.83. The standard InChI is InChI=1S/C26H26O6S2/c1-15(2)21-13-23(16(3)12-24(21)33(27,28)29)32-34(30,31)25-14-22-17-8-4-6-10-19(17)26(25)20-11-7-5-9-18(20)22/h4-13,15,22,25-26H,14H2,1-3H3,(H,27,28,29)/p-1. The van der Waals surface area contributed by atoms with E-state index in [2.05, 4.69) is 12.1 Å². The maximum absolute atomic E-state index is 13.7. The van der Waals surface area contributed by atoms with E-state index in [4.69, 9.17) is 4.18 Å². The van der Waals surface area contributed by atoms with Crippen molar-refractivity contribution in [3.05, 3.63) is 94.0 Å². The second-order valence-corrected chi connectivity index (χ2v) is 12.5. The predicted octanol–water partition coefficient (Wildman–Crippen LogP) is 4.78. The van der Waals surface area contributed by atoms with Crippen LogP contribution in [-0.2, 0) is 20.2 Å². The van der Waals surface area contributed by atoms with E-state index in [1.807, 2.05) is 36.4 Å². The van der Waals surface area contributed by atoms with E-state index in [1.165, 1.54) is 12.1 Å². The first-order chi connectivity index (χ1) is 16.0. The van der Waals surface area contributed by atoms with Gasteiger partial charge in [-0.25, -0.2) is 8.42 Å². The van der Waals surface area contributed by atoms with Crippen LogP contribution in [-0.4, -0.2) is 26.6 Å². The largest absolute Gasteiger partial charge is 0.744 e. The van der Waals surface area contributed by atoms with E-state index in [9.17, 15) is 21.4 Å². The average Bonchev–Trinajstić information content (AvgIpc) is 2.79. The van der Waals surface area contributed by atoms with Gasteiger partial charge in [0.15, 0.2) is 0 Å². The molecule has 2 bridgehead atoms. The summed E-state index contributed by atoms with van der Waals surface area (Å²) >= 11 is 0.